The lowest BCUT2D eigenvalue weighted by molar-refractivity contribution is 0.0690. The lowest BCUT2D eigenvalue weighted by Gasteiger charge is -2.39. The molecule has 1 aliphatic carbocycles. The molecule has 3 rings (SSSR count). The normalized spacial score (nSPS) is 26.2. The number of carboxylic acid groups (broad SMARTS) is 1. The molecule has 0 bridgehead atoms. The molecule has 1 saturated heterocycles. The Balaban J connectivity index is 1.96. The molecule has 5 heteroatoms. The number of hydrogen-bond acceptors (Lipinski definition) is 4. The van der Waals surface area contributed by atoms with E-state index in [9.17, 15) is 4.79 Å². The van der Waals surface area contributed by atoms with Crippen molar-refractivity contribution in [2.45, 2.75) is 38.1 Å². The number of anilines is 2. The molecule has 1 aliphatic heterocycles. The van der Waals surface area contributed by atoms with E-state index < -0.39 is 5.97 Å². The summed E-state index contributed by atoms with van der Waals surface area (Å²) < 4.78 is 0. The Morgan fingerprint density at radius 2 is 2.11 bits per heavy atom. The summed E-state index contributed by atoms with van der Waals surface area (Å²) >= 11 is 0. The molecule has 0 amide bonds. The zero-order valence-electron chi connectivity index (χ0n) is 10.9. The molecule has 0 radical (unpaired) electrons. The summed E-state index contributed by atoms with van der Waals surface area (Å²) in [6.45, 7) is 0.932. The Morgan fingerprint density at radius 3 is 2.89 bits per heavy atom. The lowest BCUT2D eigenvalue weighted by atomic mass is 9.92. The SMILES string of the molecule is Nc1ccc(C(=O)O)nc1N1CCCC2CCCC21. The highest BCUT2D eigenvalue weighted by Crippen LogP contribution is 2.39. The Hall–Kier alpha value is -1.78. The van der Waals surface area contributed by atoms with Gasteiger partial charge in [-0.3, -0.25) is 0 Å². The van der Waals surface area contributed by atoms with E-state index in [1.165, 1.54) is 31.7 Å². The number of carbonyl (C=O) groups is 1. The molecule has 0 spiro atoms. The van der Waals surface area contributed by atoms with Gasteiger partial charge in [-0.25, -0.2) is 9.78 Å². The smallest absolute Gasteiger partial charge is 0.354 e. The van der Waals surface area contributed by atoms with E-state index in [0.717, 1.165) is 18.9 Å². The molecule has 2 unspecified atom stereocenters. The van der Waals surface area contributed by atoms with Gasteiger partial charge >= 0.3 is 5.97 Å². The maximum Gasteiger partial charge on any atom is 0.354 e. The van der Waals surface area contributed by atoms with E-state index in [2.05, 4.69) is 9.88 Å². The molecule has 2 heterocycles. The minimum Gasteiger partial charge on any atom is -0.477 e. The molecule has 19 heavy (non-hydrogen) atoms. The summed E-state index contributed by atoms with van der Waals surface area (Å²) in [5.74, 6) is 0.390. The largest absolute Gasteiger partial charge is 0.477 e. The van der Waals surface area contributed by atoms with Crippen LogP contribution in [0.5, 0.6) is 0 Å². The van der Waals surface area contributed by atoms with Gasteiger partial charge in [0.1, 0.15) is 0 Å². The number of nitrogen functional groups attached to an aromatic ring is 1. The van der Waals surface area contributed by atoms with Crippen molar-refractivity contribution in [2.24, 2.45) is 5.92 Å². The van der Waals surface area contributed by atoms with Crippen LogP contribution in [0.3, 0.4) is 0 Å². The Labute approximate surface area is 112 Å². The van der Waals surface area contributed by atoms with Crippen molar-refractivity contribution < 1.29 is 9.90 Å². The summed E-state index contributed by atoms with van der Waals surface area (Å²) in [6, 6.07) is 3.62. The minimum absolute atomic E-state index is 0.0734. The maximum absolute atomic E-state index is 11.1. The lowest BCUT2D eigenvalue weighted by Crippen LogP contribution is -2.43. The zero-order chi connectivity index (χ0) is 13.4. The van der Waals surface area contributed by atoms with Gasteiger partial charge in [0.25, 0.3) is 0 Å². The first-order valence-electron chi connectivity index (χ1n) is 6.93. The Morgan fingerprint density at radius 1 is 1.32 bits per heavy atom. The van der Waals surface area contributed by atoms with Crippen molar-refractivity contribution in [2.75, 3.05) is 17.2 Å². The van der Waals surface area contributed by atoms with E-state index in [4.69, 9.17) is 10.8 Å². The third-order valence-electron chi connectivity index (χ3n) is 4.39. The van der Waals surface area contributed by atoms with Crippen LogP contribution in [-0.4, -0.2) is 28.6 Å². The second-order valence-electron chi connectivity index (χ2n) is 5.51. The Bertz CT molecular complexity index is 503. The minimum atomic E-state index is -0.999. The second-order valence-corrected chi connectivity index (χ2v) is 5.51. The van der Waals surface area contributed by atoms with Crippen molar-refractivity contribution in [3.05, 3.63) is 17.8 Å². The van der Waals surface area contributed by atoms with E-state index in [1.807, 2.05) is 0 Å². The van der Waals surface area contributed by atoms with Crippen LogP contribution < -0.4 is 10.6 Å². The van der Waals surface area contributed by atoms with Gasteiger partial charge in [0, 0.05) is 12.6 Å². The summed E-state index contributed by atoms with van der Waals surface area (Å²) in [5, 5.41) is 9.06. The number of fused-ring (bicyclic) bond motifs is 1. The summed E-state index contributed by atoms with van der Waals surface area (Å²) in [7, 11) is 0. The van der Waals surface area contributed by atoms with Gasteiger partial charge < -0.3 is 15.7 Å². The third kappa shape index (κ3) is 2.13. The number of aromatic nitrogens is 1. The van der Waals surface area contributed by atoms with E-state index in [0.29, 0.717) is 17.5 Å². The first-order chi connectivity index (χ1) is 9.16. The first kappa shape index (κ1) is 12.3. The molecular formula is C14H19N3O2. The van der Waals surface area contributed by atoms with Crippen molar-refractivity contribution in [3.63, 3.8) is 0 Å². The van der Waals surface area contributed by atoms with Crippen LogP contribution in [0.2, 0.25) is 0 Å². The van der Waals surface area contributed by atoms with Gasteiger partial charge in [-0.1, -0.05) is 6.42 Å². The van der Waals surface area contributed by atoms with Crippen LogP contribution in [0, 0.1) is 5.92 Å². The summed E-state index contributed by atoms with van der Waals surface area (Å²) in [5.41, 5.74) is 6.66. The number of carboxylic acids is 1. The maximum atomic E-state index is 11.1. The van der Waals surface area contributed by atoms with Gasteiger partial charge in [0.2, 0.25) is 0 Å². The average molecular weight is 261 g/mol. The molecule has 3 N–H and O–H groups in total. The van der Waals surface area contributed by atoms with Crippen LogP contribution in [0.25, 0.3) is 0 Å². The fraction of sp³-hybridized carbons (Fsp3) is 0.571. The molecule has 5 nitrogen and oxygen atoms in total. The summed E-state index contributed by atoms with van der Waals surface area (Å²) in [4.78, 5) is 17.5. The molecule has 102 valence electrons. The van der Waals surface area contributed by atoms with Gasteiger partial charge in [-0.2, -0.15) is 0 Å². The van der Waals surface area contributed by atoms with Crippen LogP contribution in [-0.2, 0) is 0 Å². The predicted octanol–water partition coefficient (Wildman–Crippen LogP) is 2.13. The first-order valence-corrected chi connectivity index (χ1v) is 6.93. The quantitative estimate of drug-likeness (QED) is 0.852. The Kier molecular flexibility index (Phi) is 3.05. The highest BCUT2D eigenvalue weighted by Gasteiger charge is 2.36. The predicted molar refractivity (Wildman–Crippen MR) is 73.3 cm³/mol. The highest BCUT2D eigenvalue weighted by molar-refractivity contribution is 5.87. The fourth-order valence-electron chi connectivity index (χ4n) is 3.53. The number of hydrogen-bond donors (Lipinski definition) is 2. The summed E-state index contributed by atoms with van der Waals surface area (Å²) in [6.07, 6.45) is 6.12. The number of aromatic carboxylic acids is 1. The van der Waals surface area contributed by atoms with E-state index in [-0.39, 0.29) is 5.69 Å². The molecule has 2 atom stereocenters. The van der Waals surface area contributed by atoms with Crippen LogP contribution in [0.4, 0.5) is 11.5 Å². The van der Waals surface area contributed by atoms with Crippen LogP contribution in [0.15, 0.2) is 12.1 Å². The third-order valence-corrected chi connectivity index (χ3v) is 4.39. The highest BCUT2D eigenvalue weighted by atomic mass is 16.4. The van der Waals surface area contributed by atoms with Crippen molar-refractivity contribution in [1.29, 1.82) is 0 Å². The van der Waals surface area contributed by atoms with Gasteiger partial charge in [0.05, 0.1) is 5.69 Å². The number of pyridine rings is 1. The van der Waals surface area contributed by atoms with Gasteiger partial charge in [0.15, 0.2) is 11.5 Å². The number of nitrogens with zero attached hydrogens (tertiary/aromatic N) is 2. The van der Waals surface area contributed by atoms with Crippen LogP contribution >= 0.6 is 0 Å². The average Bonchev–Trinajstić information content (AvgIpc) is 2.87. The van der Waals surface area contributed by atoms with E-state index in [1.54, 1.807) is 6.07 Å². The van der Waals surface area contributed by atoms with Gasteiger partial charge in [-0.05, 0) is 43.7 Å². The standard InChI is InChI=1S/C14H19N3O2/c15-10-6-7-11(14(18)19)16-13(10)17-8-2-4-9-3-1-5-12(9)17/h6-7,9,12H,1-5,8,15H2,(H,18,19). The monoisotopic (exact) mass is 261 g/mol. The molecule has 2 fully saturated rings. The molecule has 0 aromatic carbocycles. The number of piperidine rings is 1. The number of rotatable bonds is 2. The van der Waals surface area contributed by atoms with Crippen LogP contribution in [0.1, 0.15) is 42.6 Å². The van der Waals surface area contributed by atoms with E-state index >= 15 is 0 Å². The van der Waals surface area contributed by atoms with Gasteiger partial charge in [-0.15, -0.1) is 0 Å². The zero-order valence-corrected chi connectivity index (χ0v) is 10.9. The molecule has 1 saturated carbocycles. The molecular weight excluding hydrogens is 242 g/mol. The number of nitrogens with two attached hydrogens (primary N) is 1. The molecule has 1 aromatic heterocycles. The second kappa shape index (κ2) is 4.72. The van der Waals surface area contributed by atoms with Crippen molar-refractivity contribution >= 4 is 17.5 Å². The molecule has 2 aliphatic rings. The molecule has 1 aromatic rings. The van der Waals surface area contributed by atoms with Crippen molar-refractivity contribution in [1.82, 2.24) is 4.98 Å². The fourth-order valence-corrected chi connectivity index (χ4v) is 3.53. The topological polar surface area (TPSA) is 79.5 Å². The van der Waals surface area contributed by atoms with Crippen molar-refractivity contribution in [3.8, 4) is 0 Å².